The van der Waals surface area contributed by atoms with E-state index in [4.69, 9.17) is 39.7 Å². The molecular weight excluding hydrogens is 503 g/mol. The Hall–Kier alpha value is -0.130. The van der Waals surface area contributed by atoms with Crippen molar-refractivity contribution in [2.75, 3.05) is 13.2 Å². The maximum absolute atomic E-state index is 11.8. The molecule has 37 heavy (non-hydrogen) atoms. The molecule has 0 fully saturated rings. The summed E-state index contributed by atoms with van der Waals surface area (Å²) in [5.41, 5.74) is 0. The highest BCUT2D eigenvalue weighted by Crippen LogP contribution is 2.43. The van der Waals surface area contributed by atoms with Crippen LogP contribution in [0.3, 0.4) is 0 Å². The normalized spacial score (nSPS) is 12.5. The van der Waals surface area contributed by atoms with E-state index in [1.54, 1.807) is 0 Å². The van der Waals surface area contributed by atoms with E-state index in [1.807, 2.05) is 0 Å². The van der Waals surface area contributed by atoms with Gasteiger partial charge in [0.15, 0.2) is 0 Å². The van der Waals surface area contributed by atoms with Gasteiger partial charge >= 0.3 is 19.8 Å². The fraction of sp³-hybridized carbons (Fsp3) is 1.00. The summed E-state index contributed by atoms with van der Waals surface area (Å²) in [5, 5.41) is 46.3. The molecule has 0 aliphatic rings. The molecule has 0 radical (unpaired) electrons. The topological polar surface area (TPSA) is 177 Å². The summed E-state index contributed by atoms with van der Waals surface area (Å²) in [5.74, 6) is -7.79. The molecule has 0 heterocycles. The Morgan fingerprint density at radius 3 is 0.892 bits per heavy atom. The molecule has 0 aromatic carbocycles. The summed E-state index contributed by atoms with van der Waals surface area (Å²) in [7, 11) is -3.85. The Labute approximate surface area is 224 Å². The summed E-state index contributed by atoms with van der Waals surface area (Å²) in [6.07, 6.45) is 24.8. The average Bonchev–Trinajstić information content (AvgIpc) is 2.80. The van der Waals surface area contributed by atoms with Crippen molar-refractivity contribution < 1.29 is 49.1 Å². The van der Waals surface area contributed by atoms with Crippen LogP contribution in [0.25, 0.3) is 0 Å². The van der Waals surface area contributed by atoms with Gasteiger partial charge in [-0.3, -0.25) is 9.05 Å². The van der Waals surface area contributed by atoms with E-state index in [0.717, 1.165) is 25.7 Å². The molecule has 226 valence electrons. The van der Waals surface area contributed by atoms with Gasteiger partial charge in [0.1, 0.15) is 0 Å². The third-order valence-corrected chi connectivity index (χ3v) is 6.97. The van der Waals surface area contributed by atoms with Crippen LogP contribution in [0.15, 0.2) is 0 Å². The molecule has 0 unspecified atom stereocenters. The maximum atomic E-state index is 11.8. The Morgan fingerprint density at radius 1 is 0.459 bits per heavy atom. The summed E-state index contributed by atoms with van der Waals surface area (Å²) < 4.78 is 22.0. The van der Waals surface area contributed by atoms with Crippen LogP contribution >= 0.6 is 7.82 Å². The quantitative estimate of drug-likeness (QED) is 0.0445. The Balaban J connectivity index is 0. The monoisotopic (exact) mass is 560 g/mol. The minimum absolute atomic E-state index is 0.322. The van der Waals surface area contributed by atoms with Crippen LogP contribution in [-0.4, -0.2) is 60.7 Å². The van der Waals surface area contributed by atoms with Crippen molar-refractivity contribution in [2.45, 2.75) is 154 Å². The average molecular weight is 561 g/mol. The molecule has 0 atom stereocenters. The lowest BCUT2D eigenvalue weighted by atomic mass is 10.1. The molecule has 0 rings (SSSR count). The highest BCUT2D eigenvalue weighted by atomic mass is 31.2. The highest BCUT2D eigenvalue weighted by Gasteiger charge is 2.44. The van der Waals surface area contributed by atoms with Crippen molar-refractivity contribution in [2.24, 2.45) is 0 Å². The van der Waals surface area contributed by atoms with E-state index < -0.39 is 19.8 Å². The number of rotatable bonds is 25. The lowest BCUT2D eigenvalue weighted by Gasteiger charge is -2.23. The fourth-order valence-electron chi connectivity index (χ4n) is 3.58. The third kappa shape index (κ3) is 30.3. The van der Waals surface area contributed by atoms with Crippen molar-refractivity contribution in [3.8, 4) is 0 Å². The van der Waals surface area contributed by atoms with Gasteiger partial charge in [-0.05, 0) is 12.8 Å². The van der Waals surface area contributed by atoms with Crippen LogP contribution in [-0.2, 0) is 13.6 Å². The molecule has 10 nitrogen and oxygen atoms in total. The van der Waals surface area contributed by atoms with Crippen LogP contribution in [0, 0.1) is 0 Å². The molecule has 0 aliphatic carbocycles. The maximum Gasteiger partial charge on any atom is 0.472 e. The molecule has 0 saturated carbocycles. The number of hydrogen-bond donors (Lipinski definition) is 7. The lowest BCUT2D eigenvalue weighted by Crippen LogP contribution is -2.54. The van der Waals surface area contributed by atoms with Crippen LogP contribution in [0.2, 0.25) is 0 Å². The third-order valence-electron chi connectivity index (χ3n) is 5.95. The summed E-state index contributed by atoms with van der Waals surface area (Å²) in [4.78, 5) is 9.71. The van der Waals surface area contributed by atoms with Gasteiger partial charge in [-0.1, -0.05) is 129 Å². The second kappa shape index (κ2) is 24.9. The van der Waals surface area contributed by atoms with E-state index in [9.17, 15) is 9.46 Å². The Morgan fingerprint density at radius 2 is 0.676 bits per heavy atom. The Kier molecular flexibility index (Phi) is 26.2. The minimum atomic E-state index is -3.90. The molecule has 0 spiro atoms. The number of phosphoric acid groups is 1. The molecule has 11 heteroatoms. The second-order valence-electron chi connectivity index (χ2n) is 9.77. The summed E-state index contributed by atoms with van der Waals surface area (Å²) >= 11 is 0. The van der Waals surface area contributed by atoms with Crippen LogP contribution in [0.4, 0.5) is 0 Å². The molecule has 0 aromatic heterocycles. The van der Waals surface area contributed by atoms with Gasteiger partial charge in [0.2, 0.25) is 0 Å². The van der Waals surface area contributed by atoms with Crippen molar-refractivity contribution in [3.63, 3.8) is 0 Å². The van der Waals surface area contributed by atoms with Crippen LogP contribution < -0.4 is 0 Å². The zero-order valence-corrected chi connectivity index (χ0v) is 24.3. The number of phosphoric ester groups is 1. The lowest BCUT2D eigenvalue weighted by molar-refractivity contribution is -0.512. The highest BCUT2D eigenvalue weighted by molar-refractivity contribution is 7.47. The minimum Gasteiger partial charge on any atom is -0.337 e. The zero-order valence-electron chi connectivity index (χ0n) is 23.4. The standard InChI is InChI=1S/C24H51O4P.C2H6O6/c1-3-5-7-9-11-13-15-17-19-21-23-27-29(25,26)28-24-22-20-18-16-14-12-10-8-6-4-2;3-1(4,5)2(6,7)8/h3-24H2,1-2H3,(H,25,26);3-8H. The first-order valence-corrected chi connectivity index (χ1v) is 15.8. The fourth-order valence-corrected chi connectivity index (χ4v) is 4.37. The number of hydrogen-bond acceptors (Lipinski definition) is 9. The van der Waals surface area contributed by atoms with Gasteiger partial charge < -0.3 is 35.5 Å². The summed E-state index contributed by atoms with van der Waals surface area (Å²) in [6, 6.07) is 0. The van der Waals surface area contributed by atoms with E-state index >= 15 is 0 Å². The SMILES string of the molecule is CCCCCCCCCCCCOP(=O)(O)OCCCCCCCCCCCC.OC(O)(O)C(O)(O)O. The molecule has 7 N–H and O–H groups in total. The second-order valence-corrected chi connectivity index (χ2v) is 11.2. The van der Waals surface area contributed by atoms with E-state index in [-0.39, 0.29) is 0 Å². The zero-order chi connectivity index (χ0) is 28.5. The first kappa shape index (κ1) is 39.0. The predicted molar refractivity (Wildman–Crippen MR) is 144 cm³/mol. The molecule has 0 aromatic rings. The first-order valence-electron chi connectivity index (χ1n) is 14.3. The van der Waals surface area contributed by atoms with Crippen molar-refractivity contribution in [1.29, 1.82) is 0 Å². The summed E-state index contributed by atoms with van der Waals surface area (Å²) in [6.45, 7) is 5.14. The smallest absolute Gasteiger partial charge is 0.337 e. The van der Waals surface area contributed by atoms with Crippen LogP contribution in [0.5, 0.6) is 0 Å². The predicted octanol–water partition coefficient (Wildman–Crippen LogP) is 5.21. The first-order chi connectivity index (χ1) is 17.4. The molecular formula is C26H57O10P. The van der Waals surface area contributed by atoms with Crippen molar-refractivity contribution in [1.82, 2.24) is 0 Å². The van der Waals surface area contributed by atoms with E-state index in [0.29, 0.717) is 13.2 Å². The van der Waals surface area contributed by atoms with Gasteiger partial charge in [-0.15, -0.1) is 0 Å². The van der Waals surface area contributed by atoms with Gasteiger partial charge in [0.05, 0.1) is 13.2 Å². The molecule has 0 aliphatic heterocycles. The number of unbranched alkanes of at least 4 members (excludes halogenated alkanes) is 18. The van der Waals surface area contributed by atoms with Crippen molar-refractivity contribution in [3.05, 3.63) is 0 Å². The molecule has 0 bridgehead atoms. The van der Waals surface area contributed by atoms with Gasteiger partial charge in [0, 0.05) is 0 Å². The van der Waals surface area contributed by atoms with E-state index in [2.05, 4.69) is 13.8 Å². The molecule has 0 amide bonds. The van der Waals surface area contributed by atoms with Crippen LogP contribution in [0.1, 0.15) is 142 Å². The van der Waals surface area contributed by atoms with Gasteiger partial charge in [-0.2, -0.15) is 0 Å². The van der Waals surface area contributed by atoms with Crippen molar-refractivity contribution >= 4 is 7.82 Å². The largest absolute Gasteiger partial charge is 0.472 e. The van der Waals surface area contributed by atoms with Gasteiger partial charge in [0.25, 0.3) is 0 Å². The van der Waals surface area contributed by atoms with E-state index in [1.165, 1.54) is 103 Å². The Bertz CT molecular complexity index is 478. The molecule has 0 saturated heterocycles. The number of aliphatic hydroxyl groups is 6. The van der Waals surface area contributed by atoms with Gasteiger partial charge in [-0.25, -0.2) is 4.57 Å².